The van der Waals surface area contributed by atoms with Gasteiger partial charge in [-0.15, -0.1) is 0 Å². The lowest BCUT2D eigenvalue weighted by atomic mass is 9.80. The molecule has 218 valence electrons. The van der Waals surface area contributed by atoms with Gasteiger partial charge in [0.1, 0.15) is 0 Å². The summed E-state index contributed by atoms with van der Waals surface area (Å²) in [7, 11) is 0. The van der Waals surface area contributed by atoms with Gasteiger partial charge in [-0.3, -0.25) is 4.99 Å². The van der Waals surface area contributed by atoms with Gasteiger partial charge in [-0.1, -0.05) is 135 Å². The summed E-state index contributed by atoms with van der Waals surface area (Å²) in [5, 5.41) is 3.04. The van der Waals surface area contributed by atoms with E-state index < -0.39 is 0 Å². The molecule has 0 aromatic heterocycles. The van der Waals surface area contributed by atoms with E-state index in [1.54, 1.807) is 0 Å². The molecular weight excluding hydrogens is 570 g/mol. The lowest BCUT2D eigenvalue weighted by Gasteiger charge is -2.23. The standard InChI is InChI=1S/C41H32ClN3/c1-41(2)36-21-13-12-20-34(36)38-33-19-11-10-18-32(33)35(25-37(38)41)29-22-30(24-31(42)23-29)40(44-26-27-14-6-4-7-15-27)45-39(43-3)28-16-8-5-9-17-28/h4-25H,3,26H2,1-2H3. The van der Waals surface area contributed by atoms with Crippen molar-refractivity contribution in [1.29, 1.82) is 0 Å². The molecule has 0 amide bonds. The molecule has 6 aromatic carbocycles. The van der Waals surface area contributed by atoms with Gasteiger partial charge in [0.15, 0.2) is 11.7 Å². The summed E-state index contributed by atoms with van der Waals surface area (Å²) >= 11 is 6.91. The Morgan fingerprint density at radius 2 is 1.31 bits per heavy atom. The van der Waals surface area contributed by atoms with Gasteiger partial charge in [-0.05, 0) is 80.7 Å². The first-order valence-corrected chi connectivity index (χ1v) is 15.5. The number of amidine groups is 2. The van der Waals surface area contributed by atoms with Gasteiger partial charge in [0, 0.05) is 21.6 Å². The monoisotopic (exact) mass is 601 g/mol. The molecule has 0 spiro atoms. The minimum absolute atomic E-state index is 0.140. The van der Waals surface area contributed by atoms with Crippen molar-refractivity contribution in [2.75, 3.05) is 0 Å². The number of benzene rings is 6. The average Bonchev–Trinajstić information content (AvgIpc) is 3.31. The lowest BCUT2D eigenvalue weighted by molar-refractivity contribution is 0.661. The van der Waals surface area contributed by atoms with Crippen molar-refractivity contribution in [2.24, 2.45) is 15.0 Å². The van der Waals surface area contributed by atoms with Crippen LogP contribution in [0.3, 0.4) is 0 Å². The van der Waals surface area contributed by atoms with E-state index in [2.05, 4.69) is 98.4 Å². The molecule has 6 aromatic rings. The zero-order chi connectivity index (χ0) is 31.0. The molecule has 0 fully saturated rings. The second kappa shape index (κ2) is 11.8. The van der Waals surface area contributed by atoms with E-state index in [0.717, 1.165) is 27.8 Å². The number of fused-ring (bicyclic) bond motifs is 5. The van der Waals surface area contributed by atoms with Crippen LogP contribution >= 0.6 is 11.6 Å². The topological polar surface area (TPSA) is 37.1 Å². The van der Waals surface area contributed by atoms with Crippen molar-refractivity contribution in [3.05, 3.63) is 166 Å². The molecule has 1 aliphatic carbocycles. The summed E-state index contributed by atoms with van der Waals surface area (Å²) in [6.07, 6.45) is 0. The molecule has 0 saturated heterocycles. The SMILES string of the molecule is C=NC(=NC(=NCc1ccccc1)c1cc(Cl)cc(-c2cc3c(c4ccccc24)-c2ccccc2C3(C)C)c1)c1ccccc1. The van der Waals surface area contributed by atoms with Gasteiger partial charge < -0.3 is 0 Å². The number of nitrogens with zero attached hydrogens (tertiary/aromatic N) is 3. The maximum Gasteiger partial charge on any atom is 0.161 e. The average molecular weight is 602 g/mol. The summed E-state index contributed by atoms with van der Waals surface area (Å²) in [5.74, 6) is 1.05. The van der Waals surface area contributed by atoms with E-state index >= 15 is 0 Å². The Morgan fingerprint density at radius 3 is 2.07 bits per heavy atom. The van der Waals surface area contributed by atoms with Gasteiger partial charge in [0.05, 0.1) is 6.54 Å². The van der Waals surface area contributed by atoms with Gasteiger partial charge in [-0.2, -0.15) is 0 Å². The fourth-order valence-corrected chi connectivity index (χ4v) is 6.72. The minimum Gasteiger partial charge on any atom is -0.261 e. The van der Waals surface area contributed by atoms with Gasteiger partial charge >= 0.3 is 0 Å². The first-order valence-electron chi connectivity index (χ1n) is 15.1. The molecule has 3 nitrogen and oxygen atoms in total. The zero-order valence-electron chi connectivity index (χ0n) is 25.3. The van der Waals surface area contributed by atoms with Crippen molar-refractivity contribution in [3.63, 3.8) is 0 Å². The van der Waals surface area contributed by atoms with Crippen LogP contribution in [0.5, 0.6) is 0 Å². The Hall–Kier alpha value is -5.12. The van der Waals surface area contributed by atoms with Crippen LogP contribution in [0.4, 0.5) is 0 Å². The summed E-state index contributed by atoms with van der Waals surface area (Å²) in [6, 6.07) is 45.9. The molecule has 4 heteroatoms. The third-order valence-electron chi connectivity index (χ3n) is 8.70. The van der Waals surface area contributed by atoms with Crippen molar-refractivity contribution in [2.45, 2.75) is 25.8 Å². The Labute approximate surface area is 269 Å². The highest BCUT2D eigenvalue weighted by molar-refractivity contribution is 6.31. The molecule has 0 N–H and O–H groups in total. The van der Waals surface area contributed by atoms with E-state index in [0.29, 0.717) is 23.2 Å². The lowest BCUT2D eigenvalue weighted by Crippen LogP contribution is -2.15. The first-order chi connectivity index (χ1) is 21.9. The quantitative estimate of drug-likeness (QED) is 0.139. The van der Waals surface area contributed by atoms with Crippen molar-refractivity contribution < 1.29 is 0 Å². The molecule has 7 rings (SSSR count). The van der Waals surface area contributed by atoms with E-state index in [-0.39, 0.29) is 5.41 Å². The highest BCUT2D eigenvalue weighted by Crippen LogP contribution is 2.53. The van der Waals surface area contributed by atoms with Gasteiger partial charge in [0.2, 0.25) is 0 Å². The molecule has 0 unspecified atom stereocenters. The van der Waals surface area contributed by atoms with Crippen LogP contribution in [0.2, 0.25) is 5.02 Å². The Balaban J connectivity index is 1.42. The summed E-state index contributed by atoms with van der Waals surface area (Å²) < 4.78 is 0. The zero-order valence-corrected chi connectivity index (χ0v) is 26.1. The third-order valence-corrected chi connectivity index (χ3v) is 8.92. The molecular formula is C41H32ClN3. The fourth-order valence-electron chi connectivity index (χ4n) is 6.48. The van der Waals surface area contributed by atoms with Gasteiger partial charge in [0.25, 0.3) is 0 Å². The van der Waals surface area contributed by atoms with Crippen LogP contribution in [-0.4, -0.2) is 18.4 Å². The van der Waals surface area contributed by atoms with Crippen LogP contribution in [0.15, 0.2) is 148 Å². The van der Waals surface area contributed by atoms with Crippen LogP contribution in [-0.2, 0) is 12.0 Å². The van der Waals surface area contributed by atoms with Crippen LogP contribution < -0.4 is 0 Å². The maximum absolute atomic E-state index is 6.91. The van der Waals surface area contributed by atoms with Crippen LogP contribution in [0.25, 0.3) is 33.0 Å². The largest absolute Gasteiger partial charge is 0.261 e. The van der Waals surface area contributed by atoms with Gasteiger partial charge in [-0.25, -0.2) is 9.98 Å². The van der Waals surface area contributed by atoms with Crippen LogP contribution in [0.1, 0.15) is 41.7 Å². The first kappa shape index (κ1) is 28.6. The molecule has 1 aliphatic rings. The van der Waals surface area contributed by atoms with E-state index in [9.17, 15) is 0 Å². The molecule has 0 heterocycles. The van der Waals surface area contributed by atoms with Crippen molar-refractivity contribution >= 4 is 40.8 Å². The van der Waals surface area contributed by atoms with E-state index in [4.69, 9.17) is 21.6 Å². The van der Waals surface area contributed by atoms with Crippen molar-refractivity contribution in [3.8, 4) is 22.3 Å². The maximum atomic E-state index is 6.91. The third kappa shape index (κ3) is 5.30. The van der Waals surface area contributed by atoms with E-state index in [1.807, 2.05) is 60.7 Å². The molecule has 0 aliphatic heterocycles. The normalized spacial score (nSPS) is 13.8. The second-order valence-corrected chi connectivity index (χ2v) is 12.3. The van der Waals surface area contributed by atoms with Crippen molar-refractivity contribution in [1.82, 2.24) is 0 Å². The minimum atomic E-state index is -0.140. The highest BCUT2D eigenvalue weighted by atomic mass is 35.5. The number of hydrogen-bond acceptors (Lipinski definition) is 1. The molecule has 0 radical (unpaired) electrons. The summed E-state index contributed by atoms with van der Waals surface area (Å²) in [6.45, 7) is 8.92. The summed E-state index contributed by atoms with van der Waals surface area (Å²) in [5.41, 5.74) is 10.1. The highest BCUT2D eigenvalue weighted by Gasteiger charge is 2.37. The number of hydrogen-bond donors (Lipinski definition) is 0. The summed E-state index contributed by atoms with van der Waals surface area (Å²) in [4.78, 5) is 14.3. The molecule has 0 bridgehead atoms. The molecule has 45 heavy (non-hydrogen) atoms. The predicted molar refractivity (Wildman–Crippen MR) is 191 cm³/mol. The van der Waals surface area contributed by atoms with E-state index in [1.165, 1.54) is 33.0 Å². The fraction of sp³-hybridized carbons (Fsp3) is 0.0976. The molecule has 0 atom stereocenters. The predicted octanol–water partition coefficient (Wildman–Crippen LogP) is 10.6. The Morgan fingerprint density at radius 1 is 0.644 bits per heavy atom. The number of rotatable bonds is 5. The van der Waals surface area contributed by atoms with Crippen LogP contribution in [0, 0.1) is 0 Å². The molecule has 0 saturated carbocycles. The smallest absolute Gasteiger partial charge is 0.161 e. The number of halogens is 1. The second-order valence-electron chi connectivity index (χ2n) is 11.9. The number of aliphatic imine (C=N–C) groups is 3. The Kier molecular flexibility index (Phi) is 7.48. The Bertz CT molecular complexity index is 2130.